The quantitative estimate of drug-likeness (QED) is 0.806. The Bertz CT molecular complexity index is 462. The van der Waals surface area contributed by atoms with Crippen LogP contribution < -0.4 is 5.32 Å². The predicted molar refractivity (Wildman–Crippen MR) is 75.3 cm³/mol. The maximum absolute atomic E-state index is 11.8. The van der Waals surface area contributed by atoms with E-state index in [9.17, 15) is 4.79 Å². The van der Waals surface area contributed by atoms with Gasteiger partial charge in [0.2, 0.25) is 5.91 Å². The SMILES string of the molecule is CCn1c(CCNC(=O)[C@@H]2CCCS2)n[nH]c1=S. The van der Waals surface area contributed by atoms with Crippen LogP contribution in [0.2, 0.25) is 0 Å². The smallest absolute Gasteiger partial charge is 0.233 e. The molecular weight excluding hydrogens is 268 g/mol. The fraction of sp³-hybridized carbons (Fsp3) is 0.727. The van der Waals surface area contributed by atoms with E-state index in [1.54, 1.807) is 11.8 Å². The minimum Gasteiger partial charge on any atom is -0.355 e. The van der Waals surface area contributed by atoms with Crippen LogP contribution >= 0.6 is 24.0 Å². The molecule has 2 rings (SSSR count). The number of thioether (sulfide) groups is 1. The summed E-state index contributed by atoms with van der Waals surface area (Å²) in [5, 5.41) is 10.1. The number of hydrogen-bond donors (Lipinski definition) is 2. The second-order valence-corrected chi connectivity index (χ2v) is 5.93. The van der Waals surface area contributed by atoms with Gasteiger partial charge in [-0.05, 0) is 37.7 Å². The molecule has 1 saturated heterocycles. The van der Waals surface area contributed by atoms with Crippen LogP contribution in [0.3, 0.4) is 0 Å². The normalized spacial score (nSPS) is 19.1. The van der Waals surface area contributed by atoms with Crippen molar-refractivity contribution in [3.05, 3.63) is 10.6 Å². The zero-order valence-electron chi connectivity index (χ0n) is 10.4. The zero-order valence-corrected chi connectivity index (χ0v) is 12.1. The second-order valence-electron chi connectivity index (χ2n) is 4.23. The first-order valence-corrected chi connectivity index (χ1v) is 7.71. The van der Waals surface area contributed by atoms with Crippen LogP contribution in [0.1, 0.15) is 25.6 Å². The second kappa shape index (κ2) is 6.38. The number of H-pyrrole nitrogens is 1. The van der Waals surface area contributed by atoms with E-state index in [0.717, 1.165) is 31.0 Å². The number of hydrogen-bond acceptors (Lipinski definition) is 4. The third-order valence-electron chi connectivity index (χ3n) is 3.02. The lowest BCUT2D eigenvalue weighted by molar-refractivity contribution is -0.120. The molecule has 1 aromatic heterocycles. The van der Waals surface area contributed by atoms with E-state index >= 15 is 0 Å². The molecule has 0 aliphatic carbocycles. The van der Waals surface area contributed by atoms with E-state index in [4.69, 9.17) is 12.2 Å². The number of carbonyl (C=O) groups excluding carboxylic acids is 1. The highest BCUT2D eigenvalue weighted by atomic mass is 32.2. The highest BCUT2D eigenvalue weighted by molar-refractivity contribution is 8.00. The molecule has 100 valence electrons. The molecule has 1 aliphatic heterocycles. The first kappa shape index (κ1) is 13.6. The van der Waals surface area contributed by atoms with Crippen molar-refractivity contribution in [2.24, 2.45) is 0 Å². The molecule has 1 aromatic rings. The van der Waals surface area contributed by atoms with Crippen molar-refractivity contribution in [3.63, 3.8) is 0 Å². The van der Waals surface area contributed by atoms with Gasteiger partial charge in [0.15, 0.2) is 4.77 Å². The summed E-state index contributed by atoms with van der Waals surface area (Å²) in [6, 6.07) is 0. The van der Waals surface area contributed by atoms with Gasteiger partial charge in [0, 0.05) is 19.5 Å². The van der Waals surface area contributed by atoms with Crippen molar-refractivity contribution >= 4 is 29.9 Å². The number of nitrogens with zero attached hydrogens (tertiary/aromatic N) is 2. The van der Waals surface area contributed by atoms with E-state index in [0.29, 0.717) is 17.7 Å². The maximum Gasteiger partial charge on any atom is 0.233 e. The lowest BCUT2D eigenvalue weighted by atomic mass is 10.2. The number of carbonyl (C=O) groups is 1. The zero-order chi connectivity index (χ0) is 13.0. The lowest BCUT2D eigenvalue weighted by Crippen LogP contribution is -2.33. The van der Waals surface area contributed by atoms with Gasteiger partial charge in [-0.1, -0.05) is 0 Å². The highest BCUT2D eigenvalue weighted by Gasteiger charge is 2.22. The largest absolute Gasteiger partial charge is 0.355 e. The molecule has 1 atom stereocenters. The molecule has 18 heavy (non-hydrogen) atoms. The first-order chi connectivity index (χ1) is 8.72. The minimum atomic E-state index is 0.150. The van der Waals surface area contributed by atoms with Crippen LogP contribution in [-0.4, -0.2) is 38.2 Å². The molecule has 2 heterocycles. The molecule has 7 heteroatoms. The van der Waals surface area contributed by atoms with Crippen LogP contribution in [-0.2, 0) is 17.8 Å². The summed E-state index contributed by atoms with van der Waals surface area (Å²) in [7, 11) is 0. The Morgan fingerprint density at radius 1 is 1.72 bits per heavy atom. The third-order valence-corrected chi connectivity index (χ3v) is 4.71. The molecule has 5 nitrogen and oxygen atoms in total. The van der Waals surface area contributed by atoms with E-state index in [1.165, 1.54) is 0 Å². The standard InChI is InChI=1S/C11H18N4OS2/c1-2-15-9(13-14-11(15)17)5-6-12-10(16)8-4-3-7-18-8/h8H,2-7H2,1H3,(H,12,16)(H,14,17)/t8-/m0/s1. The van der Waals surface area contributed by atoms with Crippen LogP contribution in [0, 0.1) is 4.77 Å². The Morgan fingerprint density at radius 3 is 3.22 bits per heavy atom. The Balaban J connectivity index is 1.81. The van der Waals surface area contributed by atoms with Crippen molar-refractivity contribution in [3.8, 4) is 0 Å². The molecular formula is C11H18N4OS2. The Hall–Kier alpha value is -0.820. The fourth-order valence-electron chi connectivity index (χ4n) is 2.06. The van der Waals surface area contributed by atoms with Crippen molar-refractivity contribution in [2.75, 3.05) is 12.3 Å². The van der Waals surface area contributed by atoms with Crippen LogP contribution in [0.5, 0.6) is 0 Å². The van der Waals surface area contributed by atoms with Gasteiger partial charge in [0.25, 0.3) is 0 Å². The first-order valence-electron chi connectivity index (χ1n) is 6.25. The van der Waals surface area contributed by atoms with E-state index in [1.807, 2.05) is 11.5 Å². The van der Waals surface area contributed by atoms with E-state index in [-0.39, 0.29) is 11.2 Å². The lowest BCUT2D eigenvalue weighted by Gasteiger charge is -2.09. The average molecular weight is 286 g/mol. The average Bonchev–Trinajstić information content (AvgIpc) is 2.99. The maximum atomic E-state index is 11.8. The molecule has 2 N–H and O–H groups in total. The molecule has 1 fully saturated rings. The number of aromatic nitrogens is 3. The van der Waals surface area contributed by atoms with Gasteiger partial charge in [-0.15, -0.1) is 11.8 Å². The number of rotatable bonds is 5. The highest BCUT2D eigenvalue weighted by Crippen LogP contribution is 2.25. The summed E-state index contributed by atoms with van der Waals surface area (Å²) >= 11 is 6.87. The summed E-state index contributed by atoms with van der Waals surface area (Å²) in [6.07, 6.45) is 2.87. The minimum absolute atomic E-state index is 0.150. The Kier molecular flexibility index (Phi) is 4.82. The molecule has 0 bridgehead atoms. The van der Waals surface area contributed by atoms with E-state index < -0.39 is 0 Å². The molecule has 0 unspecified atom stereocenters. The van der Waals surface area contributed by atoms with Crippen molar-refractivity contribution < 1.29 is 4.79 Å². The molecule has 1 aliphatic rings. The Labute approximate surface area is 116 Å². The van der Waals surface area contributed by atoms with Crippen molar-refractivity contribution in [1.29, 1.82) is 0 Å². The van der Waals surface area contributed by atoms with Crippen molar-refractivity contribution in [1.82, 2.24) is 20.1 Å². The topological polar surface area (TPSA) is 62.7 Å². The molecule has 0 aromatic carbocycles. The third kappa shape index (κ3) is 3.14. The van der Waals surface area contributed by atoms with Gasteiger partial charge in [0.1, 0.15) is 5.82 Å². The summed E-state index contributed by atoms with van der Waals surface area (Å²) < 4.78 is 2.59. The van der Waals surface area contributed by atoms with Gasteiger partial charge in [-0.2, -0.15) is 5.10 Å². The van der Waals surface area contributed by atoms with E-state index in [2.05, 4.69) is 15.5 Å². The molecule has 0 spiro atoms. The number of nitrogens with one attached hydrogen (secondary N) is 2. The fourth-order valence-corrected chi connectivity index (χ4v) is 3.53. The molecule has 0 saturated carbocycles. The van der Waals surface area contributed by atoms with Gasteiger partial charge in [-0.25, -0.2) is 0 Å². The summed E-state index contributed by atoms with van der Waals surface area (Å²) in [4.78, 5) is 11.8. The monoisotopic (exact) mass is 286 g/mol. The van der Waals surface area contributed by atoms with Crippen LogP contribution in [0.15, 0.2) is 0 Å². The van der Waals surface area contributed by atoms with Gasteiger partial charge < -0.3 is 9.88 Å². The van der Waals surface area contributed by atoms with Crippen LogP contribution in [0.4, 0.5) is 0 Å². The van der Waals surface area contributed by atoms with Gasteiger partial charge >= 0.3 is 0 Å². The molecule has 0 radical (unpaired) electrons. The van der Waals surface area contributed by atoms with Crippen LogP contribution in [0.25, 0.3) is 0 Å². The summed E-state index contributed by atoms with van der Waals surface area (Å²) in [6.45, 7) is 3.45. The number of amides is 1. The summed E-state index contributed by atoms with van der Waals surface area (Å²) in [5.41, 5.74) is 0. The predicted octanol–water partition coefficient (Wildman–Crippen LogP) is 1.51. The van der Waals surface area contributed by atoms with Crippen molar-refractivity contribution in [2.45, 2.75) is 38.0 Å². The Morgan fingerprint density at radius 2 is 2.56 bits per heavy atom. The van der Waals surface area contributed by atoms with Gasteiger partial charge in [0.05, 0.1) is 5.25 Å². The molecule has 1 amide bonds. The summed E-state index contributed by atoms with van der Waals surface area (Å²) in [5.74, 6) is 2.17. The van der Waals surface area contributed by atoms with Gasteiger partial charge in [-0.3, -0.25) is 9.89 Å². The number of aromatic amines is 1.